The molecule has 2 nitrogen and oxygen atoms in total. The topological polar surface area (TPSA) is 38.0 Å². The molecule has 0 radical (unpaired) electrons. The first kappa shape index (κ1) is 12.3. The molecule has 0 amide bonds. The number of nitrogens with two attached hydrogens (primary N) is 1. The van der Waals surface area contributed by atoms with Crippen LogP contribution in [0.15, 0.2) is 40.9 Å². The quantitative estimate of drug-likeness (QED) is 0.786. The summed E-state index contributed by atoms with van der Waals surface area (Å²) in [6.45, 7) is 2.00. The first-order chi connectivity index (χ1) is 8.08. The number of benzene rings is 2. The van der Waals surface area contributed by atoms with Crippen molar-refractivity contribution in [3.05, 3.63) is 51.5 Å². The predicted octanol–water partition coefficient (Wildman–Crippen LogP) is 4.74. The fourth-order valence-electron chi connectivity index (χ4n) is 1.56. The Labute approximate surface area is 114 Å². The molecule has 0 saturated carbocycles. The molecule has 0 fully saturated rings. The van der Waals surface area contributed by atoms with E-state index in [0.717, 1.165) is 21.4 Å². The summed E-state index contributed by atoms with van der Waals surface area (Å²) in [7, 11) is 0. The SMILES string of the molecule is Cc1cccc(Cl)c1Nc1cc(Br)ccc1N. The average Bonchev–Trinajstić information content (AvgIpc) is 2.28. The molecule has 88 valence electrons. The third kappa shape index (κ3) is 2.73. The largest absolute Gasteiger partial charge is 0.397 e. The van der Waals surface area contributed by atoms with E-state index >= 15 is 0 Å². The van der Waals surface area contributed by atoms with Crippen molar-refractivity contribution in [3.63, 3.8) is 0 Å². The maximum absolute atomic E-state index is 6.16. The van der Waals surface area contributed by atoms with Crippen molar-refractivity contribution in [2.75, 3.05) is 11.1 Å². The molecular weight excluding hydrogens is 300 g/mol. The monoisotopic (exact) mass is 310 g/mol. The highest BCUT2D eigenvalue weighted by Gasteiger charge is 2.06. The Kier molecular flexibility index (Phi) is 3.60. The molecule has 0 heterocycles. The normalized spacial score (nSPS) is 10.3. The number of aryl methyl sites for hydroxylation is 1. The number of anilines is 3. The zero-order valence-electron chi connectivity index (χ0n) is 9.30. The lowest BCUT2D eigenvalue weighted by molar-refractivity contribution is 1.43. The predicted molar refractivity (Wildman–Crippen MR) is 78.0 cm³/mol. The van der Waals surface area contributed by atoms with Crippen molar-refractivity contribution >= 4 is 44.6 Å². The van der Waals surface area contributed by atoms with Crippen LogP contribution in [0.25, 0.3) is 0 Å². The number of para-hydroxylation sites is 1. The Morgan fingerprint density at radius 3 is 2.71 bits per heavy atom. The second kappa shape index (κ2) is 4.98. The van der Waals surface area contributed by atoms with Crippen LogP contribution in [0.1, 0.15) is 5.56 Å². The van der Waals surface area contributed by atoms with Gasteiger partial charge < -0.3 is 11.1 Å². The number of hydrogen-bond acceptors (Lipinski definition) is 2. The van der Waals surface area contributed by atoms with E-state index in [-0.39, 0.29) is 0 Å². The van der Waals surface area contributed by atoms with E-state index in [1.54, 1.807) is 0 Å². The smallest absolute Gasteiger partial charge is 0.0643 e. The summed E-state index contributed by atoms with van der Waals surface area (Å²) < 4.78 is 0.971. The summed E-state index contributed by atoms with van der Waals surface area (Å²) in [6.07, 6.45) is 0. The van der Waals surface area contributed by atoms with Gasteiger partial charge in [-0.05, 0) is 36.8 Å². The van der Waals surface area contributed by atoms with Crippen LogP contribution in [-0.4, -0.2) is 0 Å². The van der Waals surface area contributed by atoms with Gasteiger partial charge in [0.2, 0.25) is 0 Å². The van der Waals surface area contributed by atoms with E-state index in [1.807, 2.05) is 43.3 Å². The van der Waals surface area contributed by atoms with Crippen LogP contribution in [0.2, 0.25) is 5.02 Å². The van der Waals surface area contributed by atoms with Crippen molar-refractivity contribution in [1.29, 1.82) is 0 Å². The molecule has 0 aliphatic rings. The van der Waals surface area contributed by atoms with E-state index in [0.29, 0.717) is 10.7 Å². The van der Waals surface area contributed by atoms with Gasteiger partial charge in [-0.3, -0.25) is 0 Å². The molecule has 0 spiro atoms. The number of nitrogen functional groups attached to an aromatic ring is 1. The molecular formula is C13H12BrClN2. The summed E-state index contributed by atoms with van der Waals surface area (Å²) in [6, 6.07) is 11.5. The van der Waals surface area contributed by atoms with Crippen LogP contribution in [-0.2, 0) is 0 Å². The molecule has 0 aliphatic carbocycles. The zero-order valence-corrected chi connectivity index (χ0v) is 11.6. The number of halogens is 2. The van der Waals surface area contributed by atoms with Gasteiger partial charge in [-0.25, -0.2) is 0 Å². The van der Waals surface area contributed by atoms with E-state index < -0.39 is 0 Å². The third-order valence-electron chi connectivity index (χ3n) is 2.50. The minimum atomic E-state index is 0.685. The highest BCUT2D eigenvalue weighted by Crippen LogP contribution is 2.32. The Morgan fingerprint density at radius 1 is 1.24 bits per heavy atom. The fourth-order valence-corrected chi connectivity index (χ4v) is 2.19. The highest BCUT2D eigenvalue weighted by atomic mass is 79.9. The molecule has 17 heavy (non-hydrogen) atoms. The molecule has 2 aromatic carbocycles. The van der Waals surface area contributed by atoms with Crippen molar-refractivity contribution < 1.29 is 0 Å². The third-order valence-corrected chi connectivity index (χ3v) is 3.31. The molecule has 0 aromatic heterocycles. The first-order valence-corrected chi connectivity index (χ1v) is 6.32. The summed E-state index contributed by atoms with van der Waals surface area (Å²) >= 11 is 9.57. The molecule has 0 unspecified atom stereocenters. The van der Waals surface area contributed by atoms with Crippen molar-refractivity contribution in [1.82, 2.24) is 0 Å². The second-order valence-corrected chi connectivity index (χ2v) is 5.11. The average molecular weight is 312 g/mol. The lowest BCUT2D eigenvalue weighted by atomic mass is 10.2. The minimum absolute atomic E-state index is 0.685. The summed E-state index contributed by atoms with van der Waals surface area (Å²) in [4.78, 5) is 0. The van der Waals surface area contributed by atoms with Crippen molar-refractivity contribution in [2.45, 2.75) is 6.92 Å². The molecule has 3 N–H and O–H groups in total. The summed E-state index contributed by atoms with van der Waals surface area (Å²) in [5.41, 5.74) is 9.41. The molecule has 0 aliphatic heterocycles. The Morgan fingerprint density at radius 2 is 2.00 bits per heavy atom. The van der Waals surface area contributed by atoms with Gasteiger partial charge in [0.15, 0.2) is 0 Å². The van der Waals surface area contributed by atoms with E-state index in [2.05, 4.69) is 21.2 Å². The number of nitrogens with one attached hydrogen (secondary N) is 1. The van der Waals surface area contributed by atoms with Crippen molar-refractivity contribution in [3.8, 4) is 0 Å². The highest BCUT2D eigenvalue weighted by molar-refractivity contribution is 9.10. The number of hydrogen-bond donors (Lipinski definition) is 2. The molecule has 0 bridgehead atoms. The number of rotatable bonds is 2. The lowest BCUT2D eigenvalue weighted by Gasteiger charge is -2.13. The van der Waals surface area contributed by atoms with Crippen LogP contribution in [0.3, 0.4) is 0 Å². The van der Waals surface area contributed by atoms with Gasteiger partial charge in [-0.15, -0.1) is 0 Å². The molecule has 2 aromatic rings. The van der Waals surface area contributed by atoms with Gasteiger partial charge in [0.1, 0.15) is 0 Å². The van der Waals surface area contributed by atoms with Gasteiger partial charge >= 0.3 is 0 Å². The second-order valence-electron chi connectivity index (χ2n) is 3.79. The van der Waals surface area contributed by atoms with E-state index in [9.17, 15) is 0 Å². The lowest BCUT2D eigenvalue weighted by Crippen LogP contribution is -1.98. The van der Waals surface area contributed by atoms with Crippen LogP contribution >= 0.6 is 27.5 Å². The van der Waals surface area contributed by atoms with Gasteiger partial charge in [-0.2, -0.15) is 0 Å². The standard InChI is InChI=1S/C13H12BrClN2/c1-8-3-2-4-10(15)13(8)17-12-7-9(14)5-6-11(12)16/h2-7,17H,16H2,1H3. The van der Waals surface area contributed by atoms with Crippen molar-refractivity contribution in [2.24, 2.45) is 0 Å². The maximum Gasteiger partial charge on any atom is 0.0643 e. The van der Waals surface area contributed by atoms with Gasteiger partial charge in [0.05, 0.1) is 22.1 Å². The van der Waals surface area contributed by atoms with Gasteiger partial charge in [0, 0.05) is 4.47 Å². The van der Waals surface area contributed by atoms with E-state index in [4.69, 9.17) is 17.3 Å². The maximum atomic E-state index is 6.16. The van der Waals surface area contributed by atoms with Crippen LogP contribution in [0, 0.1) is 6.92 Å². The van der Waals surface area contributed by atoms with Crippen LogP contribution in [0.4, 0.5) is 17.1 Å². The fraction of sp³-hybridized carbons (Fsp3) is 0.0769. The molecule has 2 rings (SSSR count). The first-order valence-electron chi connectivity index (χ1n) is 5.15. The molecule has 0 saturated heterocycles. The Hall–Kier alpha value is -1.19. The zero-order chi connectivity index (χ0) is 12.4. The van der Waals surface area contributed by atoms with Gasteiger partial charge in [0.25, 0.3) is 0 Å². The Bertz CT molecular complexity index is 535. The summed E-state index contributed by atoms with van der Waals surface area (Å²) in [5.74, 6) is 0. The molecule has 4 heteroatoms. The van der Waals surface area contributed by atoms with E-state index in [1.165, 1.54) is 0 Å². The van der Waals surface area contributed by atoms with Gasteiger partial charge in [-0.1, -0.05) is 39.7 Å². The van der Waals surface area contributed by atoms with Crippen LogP contribution in [0.5, 0.6) is 0 Å². The minimum Gasteiger partial charge on any atom is -0.397 e. The van der Waals surface area contributed by atoms with Crippen LogP contribution < -0.4 is 11.1 Å². The summed E-state index contributed by atoms with van der Waals surface area (Å²) in [5, 5.41) is 3.95. The molecule has 0 atom stereocenters. The Balaban J connectivity index is 2.41.